The van der Waals surface area contributed by atoms with E-state index in [2.05, 4.69) is 16.0 Å². The first-order valence-electron chi connectivity index (χ1n) is 13.7. The molecule has 1 fully saturated rings. The van der Waals surface area contributed by atoms with Crippen molar-refractivity contribution in [2.45, 2.75) is 31.5 Å². The number of aliphatic imine (C=N–C) groups is 1. The van der Waals surface area contributed by atoms with E-state index in [1.165, 1.54) is 11.3 Å². The van der Waals surface area contributed by atoms with E-state index in [4.69, 9.17) is 24.4 Å². The number of carboxylic acid groups (broad SMARTS) is 1. The molecule has 1 saturated heterocycles. The summed E-state index contributed by atoms with van der Waals surface area (Å²) in [6, 6.07) is 14.5. The third-order valence-electron chi connectivity index (χ3n) is 6.96. The zero-order valence-corrected chi connectivity index (χ0v) is 25.0. The van der Waals surface area contributed by atoms with Gasteiger partial charge in [-0.2, -0.15) is 13.2 Å². The number of halogens is 3. The second-order valence-electron chi connectivity index (χ2n) is 9.87. The lowest BCUT2D eigenvalue weighted by molar-refractivity contribution is -0.192. The minimum Gasteiger partial charge on any atom is -0.493 e. The summed E-state index contributed by atoms with van der Waals surface area (Å²) in [5, 5.41) is 16.8. The van der Waals surface area contributed by atoms with Gasteiger partial charge in [0, 0.05) is 29.7 Å². The zero-order valence-electron chi connectivity index (χ0n) is 24.2. The number of aliphatic carboxylic acids is 1. The lowest BCUT2D eigenvalue weighted by Gasteiger charge is -2.35. The Morgan fingerprint density at radius 2 is 1.71 bits per heavy atom. The Bertz CT molecular complexity index is 1620. The molecule has 240 valence electrons. The van der Waals surface area contributed by atoms with Crippen LogP contribution >= 0.6 is 11.3 Å². The molecular weight excluding hydrogens is 619 g/mol. The molecule has 12 nitrogen and oxygen atoms in total. The normalized spacial score (nSPS) is 15.4. The predicted octanol–water partition coefficient (Wildman–Crippen LogP) is 4.27. The molecule has 0 atom stereocenters. The van der Waals surface area contributed by atoms with E-state index in [-0.39, 0.29) is 24.5 Å². The van der Waals surface area contributed by atoms with Crippen LogP contribution in [0.2, 0.25) is 0 Å². The number of thiophene rings is 1. The number of amides is 4. The van der Waals surface area contributed by atoms with Gasteiger partial charge in [-0.1, -0.05) is 30.3 Å². The molecule has 5 rings (SSSR count). The number of benzene rings is 2. The number of hydrogen-bond acceptors (Lipinski definition) is 8. The SMILES string of the molecule is CCNC(=O)Nc1sc2ccccc2c1C(=O)N1CCC2(CC1)N=C(COc1ccccc1OC)NC2=O.O=C(O)C(F)(F)F. The van der Waals surface area contributed by atoms with Gasteiger partial charge in [-0.3, -0.25) is 19.9 Å². The van der Waals surface area contributed by atoms with Crippen LogP contribution in [-0.4, -0.2) is 84.7 Å². The number of alkyl halides is 3. The molecule has 16 heteroatoms. The fraction of sp³-hybridized carbons (Fsp3) is 0.345. The van der Waals surface area contributed by atoms with Gasteiger partial charge in [-0.05, 0) is 38.0 Å². The lowest BCUT2D eigenvalue weighted by Crippen LogP contribution is -2.50. The van der Waals surface area contributed by atoms with Crippen molar-refractivity contribution >= 4 is 56.1 Å². The summed E-state index contributed by atoms with van der Waals surface area (Å²) >= 11 is 1.37. The Labute approximate surface area is 259 Å². The molecule has 2 aliphatic rings. The monoisotopic (exact) mass is 649 g/mol. The van der Waals surface area contributed by atoms with Crippen LogP contribution in [0.4, 0.5) is 23.0 Å². The van der Waals surface area contributed by atoms with Crippen molar-refractivity contribution < 1.29 is 46.9 Å². The quantitative estimate of drug-likeness (QED) is 0.298. The van der Waals surface area contributed by atoms with Gasteiger partial charge in [-0.25, -0.2) is 9.59 Å². The molecule has 2 aliphatic heterocycles. The standard InChI is InChI=1S/C27H29N5O5S.C2HF3O2/c1-3-28-26(35)30-23-22(17-8-4-7-11-20(17)38-23)24(33)32-14-12-27(13-15-32)25(34)29-21(31-27)16-37-19-10-6-5-9-18(19)36-2;3-2(4,5)1(6)7/h4-11H,3,12-16H2,1-2H3,(H2,28,30,35)(H,29,31,34);(H,6,7). The van der Waals surface area contributed by atoms with E-state index in [1.54, 1.807) is 24.1 Å². The van der Waals surface area contributed by atoms with Gasteiger partial charge in [0.05, 0.1) is 12.7 Å². The molecule has 1 aromatic heterocycles. The highest BCUT2D eigenvalue weighted by molar-refractivity contribution is 7.23. The Morgan fingerprint density at radius 1 is 1.09 bits per heavy atom. The first kappa shape index (κ1) is 33.0. The van der Waals surface area contributed by atoms with Crippen molar-refractivity contribution in [3.8, 4) is 11.5 Å². The molecule has 3 heterocycles. The number of para-hydroxylation sites is 2. The Kier molecular flexibility index (Phi) is 10.2. The third-order valence-corrected chi connectivity index (χ3v) is 8.04. The van der Waals surface area contributed by atoms with E-state index in [9.17, 15) is 27.6 Å². The number of carboxylic acids is 1. The summed E-state index contributed by atoms with van der Waals surface area (Å²) < 4.78 is 43.8. The minimum absolute atomic E-state index is 0.103. The summed E-state index contributed by atoms with van der Waals surface area (Å²) in [6.07, 6.45) is -4.30. The smallest absolute Gasteiger partial charge is 0.490 e. The highest BCUT2D eigenvalue weighted by atomic mass is 32.1. The van der Waals surface area contributed by atoms with Crippen molar-refractivity contribution in [1.82, 2.24) is 15.5 Å². The van der Waals surface area contributed by atoms with E-state index < -0.39 is 17.7 Å². The number of methoxy groups -OCH3 is 1. The molecular formula is C29H30F3N5O7S. The lowest BCUT2D eigenvalue weighted by atomic mass is 9.87. The Balaban J connectivity index is 0.000000591. The maximum atomic E-state index is 13.7. The summed E-state index contributed by atoms with van der Waals surface area (Å²) in [5.74, 6) is -1.49. The second-order valence-corrected chi connectivity index (χ2v) is 10.9. The van der Waals surface area contributed by atoms with Gasteiger partial charge in [0.25, 0.3) is 11.8 Å². The number of urea groups is 1. The van der Waals surface area contributed by atoms with E-state index in [0.29, 0.717) is 60.4 Å². The van der Waals surface area contributed by atoms with Crippen LogP contribution in [-0.2, 0) is 9.59 Å². The second kappa shape index (κ2) is 13.8. The maximum absolute atomic E-state index is 13.7. The average molecular weight is 650 g/mol. The van der Waals surface area contributed by atoms with Gasteiger partial charge in [-0.15, -0.1) is 11.3 Å². The molecule has 0 radical (unpaired) electrons. The summed E-state index contributed by atoms with van der Waals surface area (Å²) in [5.41, 5.74) is -0.451. The van der Waals surface area contributed by atoms with Crippen LogP contribution < -0.4 is 25.4 Å². The molecule has 0 aliphatic carbocycles. The van der Waals surface area contributed by atoms with Gasteiger partial charge >= 0.3 is 18.2 Å². The van der Waals surface area contributed by atoms with E-state index in [1.807, 2.05) is 43.3 Å². The molecule has 0 unspecified atom stereocenters. The molecule has 3 aromatic rings. The van der Waals surface area contributed by atoms with Crippen molar-refractivity contribution in [2.24, 2.45) is 4.99 Å². The summed E-state index contributed by atoms with van der Waals surface area (Å²) in [4.78, 5) is 54.2. The molecule has 2 aromatic carbocycles. The first-order valence-corrected chi connectivity index (χ1v) is 14.5. The molecule has 0 saturated carbocycles. The van der Waals surface area contributed by atoms with Crippen LogP contribution in [0.25, 0.3) is 10.1 Å². The number of nitrogens with zero attached hydrogens (tertiary/aromatic N) is 2. The first-order chi connectivity index (χ1) is 21.4. The number of rotatable bonds is 7. The molecule has 0 bridgehead atoms. The van der Waals surface area contributed by atoms with Gasteiger partial charge < -0.3 is 30.1 Å². The summed E-state index contributed by atoms with van der Waals surface area (Å²) in [6.45, 7) is 3.13. The highest BCUT2D eigenvalue weighted by Crippen LogP contribution is 2.38. The molecule has 1 spiro atoms. The van der Waals surface area contributed by atoms with E-state index in [0.717, 1.165) is 10.1 Å². The van der Waals surface area contributed by atoms with Gasteiger partial charge in [0.1, 0.15) is 23.0 Å². The Hall–Kier alpha value is -4.86. The number of nitrogens with one attached hydrogen (secondary N) is 3. The van der Waals surface area contributed by atoms with Gasteiger partial charge in [0.15, 0.2) is 11.5 Å². The number of carbonyl (C=O) groups is 4. The van der Waals surface area contributed by atoms with Crippen LogP contribution in [0.15, 0.2) is 53.5 Å². The number of amidine groups is 1. The minimum atomic E-state index is -5.08. The summed E-state index contributed by atoms with van der Waals surface area (Å²) in [7, 11) is 1.57. The number of piperidine rings is 1. The van der Waals surface area contributed by atoms with Crippen molar-refractivity contribution in [2.75, 3.05) is 38.7 Å². The predicted molar refractivity (Wildman–Crippen MR) is 160 cm³/mol. The number of ether oxygens (including phenoxy) is 2. The van der Waals surface area contributed by atoms with Crippen LogP contribution in [0.3, 0.4) is 0 Å². The number of likely N-dealkylation sites (tertiary alicyclic amines) is 1. The number of hydrogen-bond donors (Lipinski definition) is 4. The van der Waals surface area contributed by atoms with Crippen LogP contribution in [0, 0.1) is 0 Å². The fourth-order valence-electron chi connectivity index (χ4n) is 4.77. The maximum Gasteiger partial charge on any atom is 0.490 e. The molecule has 4 N–H and O–H groups in total. The van der Waals surface area contributed by atoms with Crippen molar-refractivity contribution in [3.05, 3.63) is 54.1 Å². The number of anilines is 1. The molecule has 4 amide bonds. The van der Waals surface area contributed by atoms with Crippen molar-refractivity contribution in [1.29, 1.82) is 0 Å². The number of carbonyl (C=O) groups excluding carboxylic acids is 3. The zero-order chi connectivity index (χ0) is 32.8. The molecule has 45 heavy (non-hydrogen) atoms. The van der Waals surface area contributed by atoms with Crippen molar-refractivity contribution in [3.63, 3.8) is 0 Å². The topological polar surface area (TPSA) is 159 Å². The largest absolute Gasteiger partial charge is 0.493 e. The fourth-order valence-corrected chi connectivity index (χ4v) is 5.86. The van der Waals surface area contributed by atoms with E-state index >= 15 is 0 Å². The van der Waals surface area contributed by atoms with Crippen LogP contribution in [0.5, 0.6) is 11.5 Å². The Morgan fingerprint density at radius 3 is 2.33 bits per heavy atom. The van der Waals surface area contributed by atoms with Crippen LogP contribution in [0.1, 0.15) is 30.1 Å². The number of fused-ring (bicyclic) bond motifs is 1. The third kappa shape index (κ3) is 7.63. The highest BCUT2D eigenvalue weighted by Gasteiger charge is 2.47. The average Bonchev–Trinajstić information content (AvgIpc) is 3.52. The van der Waals surface area contributed by atoms with Gasteiger partial charge in [0.2, 0.25) is 0 Å².